The van der Waals surface area contributed by atoms with Crippen molar-refractivity contribution in [1.82, 2.24) is 9.13 Å². The zero-order valence-corrected chi connectivity index (χ0v) is 19.7. The topological polar surface area (TPSA) is 9.86 Å². The van der Waals surface area contributed by atoms with Crippen LogP contribution in [0.4, 0.5) is 4.39 Å². The molecule has 0 amide bonds. The first-order valence-electron chi connectivity index (χ1n) is 10.4. The number of halogens is 2. The Bertz CT molecular complexity index is 1270. The van der Waals surface area contributed by atoms with Crippen molar-refractivity contribution < 1.29 is 4.39 Å². The minimum absolute atomic E-state index is 0.0732. The fourth-order valence-corrected chi connectivity index (χ4v) is 5.42. The quantitative estimate of drug-likeness (QED) is 0.327. The molecule has 0 aliphatic carbocycles. The summed E-state index contributed by atoms with van der Waals surface area (Å²) in [5, 5.41) is 3.06. The summed E-state index contributed by atoms with van der Waals surface area (Å²) in [7, 11) is 4.06. The predicted octanol–water partition coefficient (Wildman–Crippen LogP) is 7.28. The van der Waals surface area contributed by atoms with Crippen LogP contribution in [0.1, 0.15) is 51.3 Å². The second kappa shape index (κ2) is 6.88. The van der Waals surface area contributed by atoms with Crippen LogP contribution in [0, 0.1) is 5.82 Å². The normalized spacial score (nSPS) is 13.0. The number of fused-ring (bicyclic) bond motifs is 2. The monoisotopic (exact) mass is 424 g/mol. The number of aryl methyl sites for hydroxylation is 2. The lowest BCUT2D eigenvalue weighted by molar-refractivity contribution is 0.485. The number of hydrogen-bond donors (Lipinski definition) is 0. The van der Waals surface area contributed by atoms with Crippen LogP contribution in [0.15, 0.2) is 42.7 Å². The van der Waals surface area contributed by atoms with E-state index < -0.39 is 0 Å². The molecule has 158 valence electrons. The average molecular weight is 425 g/mol. The Kier molecular flexibility index (Phi) is 4.81. The summed E-state index contributed by atoms with van der Waals surface area (Å²) in [6.45, 7) is 10.8. The average Bonchev–Trinajstić information content (AvgIpc) is 3.14. The van der Waals surface area contributed by atoms with Crippen LogP contribution in [0.2, 0.25) is 5.02 Å². The number of aromatic nitrogens is 2. The van der Waals surface area contributed by atoms with Gasteiger partial charge in [-0.05, 0) is 47.1 Å². The molecule has 0 aliphatic rings. The molecule has 0 spiro atoms. The molecule has 30 heavy (non-hydrogen) atoms. The van der Waals surface area contributed by atoms with Gasteiger partial charge in [0, 0.05) is 53.4 Å². The van der Waals surface area contributed by atoms with E-state index >= 15 is 4.39 Å². The van der Waals surface area contributed by atoms with E-state index in [1.807, 2.05) is 36.0 Å². The van der Waals surface area contributed by atoms with Crippen LogP contribution < -0.4 is 0 Å². The van der Waals surface area contributed by atoms with Gasteiger partial charge in [-0.1, -0.05) is 52.3 Å². The molecule has 0 aliphatic heterocycles. The van der Waals surface area contributed by atoms with Crippen molar-refractivity contribution in [2.75, 3.05) is 0 Å². The minimum atomic E-state index is -0.383. The maximum atomic E-state index is 15.1. The van der Waals surface area contributed by atoms with Crippen molar-refractivity contribution in [3.05, 3.63) is 70.3 Å². The lowest BCUT2D eigenvalue weighted by Crippen LogP contribution is -2.23. The third-order valence-corrected chi connectivity index (χ3v) is 6.54. The van der Waals surface area contributed by atoms with E-state index in [9.17, 15) is 0 Å². The van der Waals surface area contributed by atoms with Crippen molar-refractivity contribution >= 4 is 33.4 Å². The molecule has 0 fully saturated rings. The molecule has 2 aromatic carbocycles. The van der Waals surface area contributed by atoms with Gasteiger partial charge in [-0.3, -0.25) is 0 Å². The molecule has 0 saturated heterocycles. The highest BCUT2D eigenvalue weighted by atomic mass is 35.5. The van der Waals surface area contributed by atoms with Crippen molar-refractivity contribution in [2.45, 2.75) is 51.9 Å². The van der Waals surface area contributed by atoms with Gasteiger partial charge in [-0.25, -0.2) is 4.39 Å². The Morgan fingerprint density at radius 2 is 1.57 bits per heavy atom. The van der Waals surface area contributed by atoms with Crippen LogP contribution in [0.5, 0.6) is 0 Å². The summed E-state index contributed by atoms with van der Waals surface area (Å²) < 4.78 is 19.3. The van der Waals surface area contributed by atoms with E-state index in [2.05, 4.69) is 58.5 Å². The van der Waals surface area contributed by atoms with Crippen molar-refractivity contribution in [3.63, 3.8) is 0 Å². The minimum Gasteiger partial charge on any atom is -0.350 e. The van der Waals surface area contributed by atoms with Gasteiger partial charge in [0.05, 0.1) is 11.0 Å². The highest BCUT2D eigenvalue weighted by Crippen LogP contribution is 2.41. The van der Waals surface area contributed by atoms with Gasteiger partial charge in [0.1, 0.15) is 5.82 Å². The lowest BCUT2D eigenvalue weighted by atomic mass is 9.77. The van der Waals surface area contributed by atoms with Crippen LogP contribution in [-0.2, 0) is 31.3 Å². The maximum Gasteiger partial charge on any atom is 0.129 e. The Morgan fingerprint density at radius 1 is 0.867 bits per heavy atom. The molecule has 0 atom stereocenters. The Balaban J connectivity index is 1.90. The van der Waals surface area contributed by atoms with Gasteiger partial charge >= 0.3 is 0 Å². The standard InChI is InChI=1S/C26H30ClFN2/c1-25(2,3)21-19(27)10-9-18-17(15-30(7)24(18)21)14-26(4,5)22-20(28)11-8-16-12-13-29(6)23(16)22/h8-13,15H,14H2,1-7H3. The zero-order chi connectivity index (χ0) is 22.0. The fraction of sp³-hybridized carbons (Fsp3) is 0.385. The number of nitrogens with zero attached hydrogens (tertiary/aromatic N) is 2. The largest absolute Gasteiger partial charge is 0.350 e. The molecule has 4 aromatic rings. The zero-order valence-electron chi connectivity index (χ0n) is 18.9. The second-order valence-electron chi connectivity index (χ2n) is 10.2. The molecule has 0 unspecified atom stereocenters. The van der Waals surface area contributed by atoms with Crippen LogP contribution in [0.25, 0.3) is 21.8 Å². The molecular weight excluding hydrogens is 395 g/mol. The van der Waals surface area contributed by atoms with Crippen molar-refractivity contribution in [3.8, 4) is 0 Å². The predicted molar refractivity (Wildman–Crippen MR) is 126 cm³/mol. The van der Waals surface area contributed by atoms with Gasteiger partial charge in [0.2, 0.25) is 0 Å². The molecule has 2 heterocycles. The Morgan fingerprint density at radius 3 is 2.23 bits per heavy atom. The summed E-state index contributed by atoms with van der Waals surface area (Å²) in [4.78, 5) is 0. The third-order valence-electron chi connectivity index (χ3n) is 6.22. The Labute approximate surface area is 183 Å². The summed E-state index contributed by atoms with van der Waals surface area (Å²) in [6.07, 6.45) is 4.91. The molecule has 0 bridgehead atoms. The van der Waals surface area contributed by atoms with Gasteiger partial charge in [-0.2, -0.15) is 0 Å². The second-order valence-corrected chi connectivity index (χ2v) is 10.6. The first-order valence-corrected chi connectivity index (χ1v) is 10.8. The molecule has 2 nitrogen and oxygen atoms in total. The summed E-state index contributed by atoms with van der Waals surface area (Å²) in [5.41, 5.74) is 4.82. The van der Waals surface area contributed by atoms with E-state index in [0.717, 1.165) is 33.5 Å². The highest BCUT2D eigenvalue weighted by molar-refractivity contribution is 6.32. The van der Waals surface area contributed by atoms with Gasteiger partial charge in [-0.15, -0.1) is 0 Å². The molecule has 2 aromatic heterocycles. The summed E-state index contributed by atoms with van der Waals surface area (Å²) >= 11 is 6.62. The summed E-state index contributed by atoms with van der Waals surface area (Å²) in [6, 6.07) is 9.61. The van der Waals surface area contributed by atoms with Crippen molar-refractivity contribution in [2.24, 2.45) is 14.1 Å². The molecule has 0 radical (unpaired) electrons. The first-order chi connectivity index (χ1) is 13.9. The van der Waals surface area contributed by atoms with Crippen LogP contribution in [-0.4, -0.2) is 9.13 Å². The highest BCUT2D eigenvalue weighted by Gasteiger charge is 2.30. The SMILES string of the molecule is Cn1ccc2ccc(F)c(C(C)(C)Cc3cn(C)c4c(C(C)(C)C)c(Cl)ccc34)c21. The molecule has 4 rings (SSSR count). The number of hydrogen-bond acceptors (Lipinski definition) is 0. The van der Waals surface area contributed by atoms with E-state index in [-0.39, 0.29) is 16.6 Å². The Hall–Kier alpha value is -2.26. The molecule has 4 heteroatoms. The van der Waals surface area contributed by atoms with E-state index in [0.29, 0.717) is 0 Å². The molecule has 0 saturated carbocycles. The van der Waals surface area contributed by atoms with Gasteiger partial charge < -0.3 is 9.13 Å². The number of rotatable bonds is 3. The van der Waals surface area contributed by atoms with Crippen molar-refractivity contribution in [1.29, 1.82) is 0 Å². The van der Waals surface area contributed by atoms with Gasteiger partial charge in [0.25, 0.3) is 0 Å². The third kappa shape index (κ3) is 3.24. The number of benzene rings is 2. The van der Waals surface area contributed by atoms with E-state index in [4.69, 9.17) is 11.6 Å². The van der Waals surface area contributed by atoms with Crippen LogP contribution >= 0.6 is 11.6 Å². The smallest absolute Gasteiger partial charge is 0.129 e. The summed E-state index contributed by atoms with van der Waals surface area (Å²) in [5.74, 6) is -0.145. The van der Waals surface area contributed by atoms with Gasteiger partial charge in [0.15, 0.2) is 0 Å². The molecule has 0 N–H and O–H groups in total. The maximum absolute atomic E-state index is 15.1. The fourth-order valence-electron chi connectivity index (χ4n) is 4.99. The van der Waals surface area contributed by atoms with E-state index in [1.54, 1.807) is 6.07 Å². The lowest BCUT2D eigenvalue weighted by Gasteiger charge is -2.27. The van der Waals surface area contributed by atoms with E-state index in [1.165, 1.54) is 16.5 Å². The van der Waals surface area contributed by atoms with Crippen LogP contribution in [0.3, 0.4) is 0 Å². The molecular formula is C26H30ClFN2. The first kappa shape index (κ1) is 21.0.